The molecule has 0 saturated carbocycles. The van der Waals surface area contributed by atoms with Gasteiger partial charge in [-0.15, -0.1) is 0 Å². The smallest absolute Gasteiger partial charge is 0.288 e. The van der Waals surface area contributed by atoms with Crippen molar-refractivity contribution in [3.63, 3.8) is 0 Å². The van der Waals surface area contributed by atoms with Crippen LogP contribution in [0.5, 0.6) is 0 Å². The molecule has 2 aliphatic rings. The Kier molecular flexibility index (Phi) is 3.84. The first-order valence-electron chi connectivity index (χ1n) is 8.73. The molecular weight excluding hydrogens is 348 g/mol. The van der Waals surface area contributed by atoms with Crippen LogP contribution >= 0.6 is 0 Å². The third-order valence-corrected chi connectivity index (χ3v) is 6.93. The van der Waals surface area contributed by atoms with Gasteiger partial charge < -0.3 is 0 Å². The SMILES string of the molecule is Cc1cc(C)cc(N2C(=O)N(c3ccccc3C)[C@@H]3CS(=O)(=O)C[C@H]32)c1. The fraction of sp³-hybridized carbons (Fsp3) is 0.350. The quantitative estimate of drug-likeness (QED) is 0.763. The van der Waals surface area contributed by atoms with Gasteiger partial charge in [0.1, 0.15) is 0 Å². The third-order valence-electron chi connectivity index (χ3n) is 5.23. The topological polar surface area (TPSA) is 57.7 Å². The maximum absolute atomic E-state index is 13.4. The molecule has 2 fully saturated rings. The molecule has 2 saturated heterocycles. The summed E-state index contributed by atoms with van der Waals surface area (Å²) in [7, 11) is -3.18. The molecule has 6 heteroatoms. The van der Waals surface area contributed by atoms with Crippen molar-refractivity contribution >= 4 is 27.2 Å². The zero-order valence-electron chi connectivity index (χ0n) is 15.1. The zero-order chi connectivity index (χ0) is 18.6. The molecule has 2 atom stereocenters. The number of sulfone groups is 1. The summed E-state index contributed by atoms with van der Waals surface area (Å²) in [6.45, 7) is 5.92. The van der Waals surface area contributed by atoms with E-state index in [2.05, 4.69) is 0 Å². The van der Waals surface area contributed by atoms with E-state index in [0.717, 1.165) is 28.1 Å². The number of urea groups is 1. The van der Waals surface area contributed by atoms with Crippen LogP contribution in [0.15, 0.2) is 42.5 Å². The summed E-state index contributed by atoms with van der Waals surface area (Å²) in [5, 5.41) is 0. The van der Waals surface area contributed by atoms with Crippen LogP contribution in [0.25, 0.3) is 0 Å². The highest BCUT2D eigenvalue weighted by atomic mass is 32.2. The number of hydrogen-bond acceptors (Lipinski definition) is 3. The number of benzene rings is 2. The van der Waals surface area contributed by atoms with E-state index in [4.69, 9.17) is 0 Å². The van der Waals surface area contributed by atoms with Crippen LogP contribution in [0.3, 0.4) is 0 Å². The van der Waals surface area contributed by atoms with Crippen molar-refractivity contribution in [1.29, 1.82) is 0 Å². The van der Waals surface area contributed by atoms with Crippen LogP contribution in [0.2, 0.25) is 0 Å². The minimum atomic E-state index is -3.18. The van der Waals surface area contributed by atoms with Crippen LogP contribution in [0, 0.1) is 20.8 Å². The minimum Gasteiger partial charge on any atom is -0.288 e. The molecule has 0 aliphatic carbocycles. The van der Waals surface area contributed by atoms with Crippen molar-refractivity contribution in [2.75, 3.05) is 21.3 Å². The molecule has 0 aromatic heterocycles. The number of rotatable bonds is 2. The van der Waals surface area contributed by atoms with Crippen molar-refractivity contribution in [2.24, 2.45) is 0 Å². The van der Waals surface area contributed by atoms with Gasteiger partial charge in [-0.3, -0.25) is 9.80 Å². The monoisotopic (exact) mass is 370 g/mol. The Hall–Kier alpha value is -2.34. The van der Waals surface area contributed by atoms with E-state index in [-0.39, 0.29) is 29.6 Å². The standard InChI is InChI=1S/C20H22N2O3S/c1-13-8-14(2)10-16(9-13)21-18-11-26(24,25)12-19(18)22(20(21)23)17-7-5-4-6-15(17)3/h4-10,18-19H,11-12H2,1-3H3/t18-,19-/m1/s1. The van der Waals surface area contributed by atoms with Gasteiger partial charge in [0, 0.05) is 11.4 Å². The second-order valence-corrected chi connectivity index (χ2v) is 9.52. The van der Waals surface area contributed by atoms with E-state index in [1.54, 1.807) is 9.80 Å². The fourth-order valence-electron chi connectivity index (χ4n) is 4.21. The molecule has 0 unspecified atom stereocenters. The predicted octanol–water partition coefficient (Wildman–Crippen LogP) is 3.22. The van der Waals surface area contributed by atoms with Gasteiger partial charge in [0.15, 0.2) is 9.84 Å². The van der Waals surface area contributed by atoms with Crippen molar-refractivity contribution in [3.05, 3.63) is 59.2 Å². The second-order valence-electron chi connectivity index (χ2n) is 7.37. The number of amides is 2. The van der Waals surface area contributed by atoms with Crippen molar-refractivity contribution in [1.82, 2.24) is 0 Å². The molecule has 26 heavy (non-hydrogen) atoms. The van der Waals surface area contributed by atoms with Crippen molar-refractivity contribution < 1.29 is 13.2 Å². The predicted molar refractivity (Wildman–Crippen MR) is 104 cm³/mol. The molecule has 136 valence electrons. The summed E-state index contributed by atoms with van der Waals surface area (Å²) < 4.78 is 24.7. The van der Waals surface area contributed by atoms with Gasteiger partial charge in [-0.25, -0.2) is 13.2 Å². The Labute approximate surface area is 154 Å². The van der Waals surface area contributed by atoms with Gasteiger partial charge in [-0.2, -0.15) is 0 Å². The molecule has 2 aromatic carbocycles. The number of hydrogen-bond donors (Lipinski definition) is 0. The van der Waals surface area contributed by atoms with Gasteiger partial charge in [0.2, 0.25) is 0 Å². The number of anilines is 2. The molecule has 0 N–H and O–H groups in total. The lowest BCUT2D eigenvalue weighted by Crippen LogP contribution is -2.38. The van der Waals surface area contributed by atoms with E-state index in [0.29, 0.717) is 0 Å². The lowest BCUT2D eigenvalue weighted by molar-refractivity contribution is 0.255. The fourth-order valence-corrected chi connectivity index (χ4v) is 6.13. The molecule has 0 spiro atoms. The number of carbonyl (C=O) groups excluding carboxylic acids is 1. The molecule has 0 bridgehead atoms. The number of carbonyl (C=O) groups is 1. The molecule has 2 aliphatic heterocycles. The first-order valence-corrected chi connectivity index (χ1v) is 10.6. The normalized spacial score (nSPS) is 24.2. The Morgan fingerprint density at radius 2 is 1.46 bits per heavy atom. The molecule has 4 rings (SSSR count). The summed E-state index contributed by atoms with van der Waals surface area (Å²) in [5.41, 5.74) is 4.64. The molecule has 2 heterocycles. The van der Waals surface area contributed by atoms with Crippen LogP contribution in [0.4, 0.5) is 16.2 Å². The van der Waals surface area contributed by atoms with E-state index in [1.807, 2.05) is 63.2 Å². The van der Waals surface area contributed by atoms with E-state index >= 15 is 0 Å². The van der Waals surface area contributed by atoms with E-state index < -0.39 is 9.84 Å². The lowest BCUT2D eigenvalue weighted by Gasteiger charge is -2.24. The summed E-state index contributed by atoms with van der Waals surface area (Å²) in [6.07, 6.45) is 0. The highest BCUT2D eigenvalue weighted by Gasteiger charge is 2.54. The van der Waals surface area contributed by atoms with Crippen LogP contribution in [0.1, 0.15) is 16.7 Å². The third kappa shape index (κ3) is 2.69. The highest BCUT2D eigenvalue weighted by molar-refractivity contribution is 7.91. The summed E-state index contributed by atoms with van der Waals surface area (Å²) >= 11 is 0. The Bertz CT molecular complexity index is 980. The Morgan fingerprint density at radius 1 is 0.885 bits per heavy atom. The molecule has 0 radical (unpaired) electrons. The molecule has 2 amide bonds. The second kappa shape index (κ2) is 5.84. The number of aryl methyl sites for hydroxylation is 3. The van der Waals surface area contributed by atoms with Crippen molar-refractivity contribution in [3.8, 4) is 0 Å². The van der Waals surface area contributed by atoms with Gasteiger partial charge in [0.25, 0.3) is 0 Å². The maximum atomic E-state index is 13.4. The van der Waals surface area contributed by atoms with Gasteiger partial charge in [-0.05, 0) is 55.7 Å². The summed E-state index contributed by atoms with van der Waals surface area (Å²) in [4.78, 5) is 16.7. The number of para-hydroxylation sites is 1. The van der Waals surface area contributed by atoms with E-state index in [1.165, 1.54) is 0 Å². The van der Waals surface area contributed by atoms with E-state index in [9.17, 15) is 13.2 Å². The average Bonchev–Trinajstić information content (AvgIpc) is 2.96. The number of fused-ring (bicyclic) bond motifs is 1. The molecule has 2 aromatic rings. The maximum Gasteiger partial charge on any atom is 0.329 e. The highest BCUT2D eigenvalue weighted by Crippen LogP contribution is 2.39. The summed E-state index contributed by atoms with van der Waals surface area (Å²) in [6, 6.07) is 12.7. The lowest BCUT2D eigenvalue weighted by atomic mass is 10.1. The zero-order valence-corrected chi connectivity index (χ0v) is 16.0. The number of nitrogens with zero attached hydrogens (tertiary/aromatic N) is 2. The van der Waals surface area contributed by atoms with Gasteiger partial charge >= 0.3 is 6.03 Å². The first kappa shape index (κ1) is 17.1. The minimum absolute atomic E-state index is 0.0127. The Morgan fingerprint density at radius 3 is 2.08 bits per heavy atom. The van der Waals surface area contributed by atoms with Crippen LogP contribution in [-0.4, -0.2) is 38.0 Å². The molecular formula is C20H22N2O3S. The summed E-state index contributed by atoms with van der Waals surface area (Å²) in [5.74, 6) is 0.0256. The average molecular weight is 370 g/mol. The largest absolute Gasteiger partial charge is 0.329 e. The molecule has 5 nitrogen and oxygen atoms in total. The van der Waals surface area contributed by atoms with Gasteiger partial charge in [0.05, 0.1) is 23.6 Å². The first-order chi connectivity index (χ1) is 12.3. The van der Waals surface area contributed by atoms with Crippen LogP contribution in [-0.2, 0) is 9.84 Å². The van der Waals surface area contributed by atoms with Gasteiger partial charge in [-0.1, -0.05) is 24.3 Å². The van der Waals surface area contributed by atoms with Crippen molar-refractivity contribution in [2.45, 2.75) is 32.9 Å². The van der Waals surface area contributed by atoms with Crippen LogP contribution < -0.4 is 9.80 Å². The Balaban J connectivity index is 1.86.